The molecular formula is C20H28ClNO5. The highest BCUT2D eigenvalue weighted by molar-refractivity contribution is 6.32. The second kappa shape index (κ2) is 9.83. The Bertz CT molecular complexity index is 677. The Kier molecular flexibility index (Phi) is 7.78. The quantitative estimate of drug-likeness (QED) is 0.655. The maximum absolute atomic E-state index is 12.9. The summed E-state index contributed by atoms with van der Waals surface area (Å²) in [5.74, 6) is 0.481. The van der Waals surface area contributed by atoms with Gasteiger partial charge in [0.05, 0.1) is 31.3 Å². The summed E-state index contributed by atoms with van der Waals surface area (Å²) in [6, 6.07) is 3.23. The van der Waals surface area contributed by atoms with Crippen LogP contribution in [0.3, 0.4) is 0 Å². The van der Waals surface area contributed by atoms with Crippen LogP contribution in [0, 0.1) is 11.8 Å². The van der Waals surface area contributed by atoms with Gasteiger partial charge in [-0.2, -0.15) is 0 Å². The minimum atomic E-state index is -0.284. The van der Waals surface area contributed by atoms with E-state index in [1.165, 1.54) is 7.11 Å². The molecule has 2 rings (SSSR count). The lowest BCUT2D eigenvalue weighted by Gasteiger charge is -2.31. The molecule has 1 heterocycles. The van der Waals surface area contributed by atoms with Crippen LogP contribution in [0.1, 0.15) is 44.0 Å². The van der Waals surface area contributed by atoms with E-state index in [1.807, 2.05) is 13.8 Å². The van der Waals surface area contributed by atoms with Gasteiger partial charge in [0.1, 0.15) is 0 Å². The Balaban J connectivity index is 2.18. The standard InChI is InChI=1S/C20H28ClNO5/c1-5-26-20(24)14-7-6-8-22(11-14)19(23)15-9-16(21)18(17(10-15)25-4)27-12-13(2)3/h9-10,13-14H,5-8,11-12H2,1-4H3. The smallest absolute Gasteiger partial charge is 0.310 e. The number of esters is 1. The third kappa shape index (κ3) is 5.51. The highest BCUT2D eigenvalue weighted by atomic mass is 35.5. The summed E-state index contributed by atoms with van der Waals surface area (Å²) in [5.41, 5.74) is 0.415. The van der Waals surface area contributed by atoms with Gasteiger partial charge in [-0.15, -0.1) is 0 Å². The predicted molar refractivity (Wildman–Crippen MR) is 104 cm³/mol. The first-order chi connectivity index (χ1) is 12.9. The molecule has 0 aliphatic carbocycles. The molecule has 1 aromatic carbocycles. The van der Waals surface area contributed by atoms with Crippen LogP contribution >= 0.6 is 11.6 Å². The zero-order chi connectivity index (χ0) is 20.0. The molecule has 1 aliphatic rings. The summed E-state index contributed by atoms with van der Waals surface area (Å²) >= 11 is 6.35. The van der Waals surface area contributed by atoms with E-state index in [9.17, 15) is 9.59 Å². The van der Waals surface area contributed by atoms with Gasteiger partial charge in [0.25, 0.3) is 5.91 Å². The average Bonchev–Trinajstić information content (AvgIpc) is 2.66. The zero-order valence-electron chi connectivity index (χ0n) is 16.4. The lowest BCUT2D eigenvalue weighted by Crippen LogP contribution is -2.42. The second-order valence-electron chi connectivity index (χ2n) is 7.04. The minimum Gasteiger partial charge on any atom is -0.493 e. The highest BCUT2D eigenvalue weighted by Gasteiger charge is 2.30. The van der Waals surface area contributed by atoms with Crippen molar-refractivity contribution in [2.24, 2.45) is 11.8 Å². The van der Waals surface area contributed by atoms with Crippen LogP contribution in [0.15, 0.2) is 12.1 Å². The molecule has 0 aromatic heterocycles. The van der Waals surface area contributed by atoms with Gasteiger partial charge in [0.15, 0.2) is 11.5 Å². The van der Waals surface area contributed by atoms with Crippen LogP contribution < -0.4 is 9.47 Å². The fourth-order valence-corrected chi connectivity index (χ4v) is 3.30. The van der Waals surface area contributed by atoms with Gasteiger partial charge in [-0.25, -0.2) is 0 Å². The van der Waals surface area contributed by atoms with Crippen molar-refractivity contribution in [3.63, 3.8) is 0 Å². The largest absolute Gasteiger partial charge is 0.493 e. The van der Waals surface area contributed by atoms with Crippen molar-refractivity contribution in [1.82, 2.24) is 4.90 Å². The van der Waals surface area contributed by atoms with Gasteiger partial charge in [0.2, 0.25) is 0 Å². The van der Waals surface area contributed by atoms with Gasteiger partial charge >= 0.3 is 5.97 Å². The van der Waals surface area contributed by atoms with Crippen LogP contribution in [-0.4, -0.2) is 50.2 Å². The molecule has 0 bridgehead atoms. The second-order valence-corrected chi connectivity index (χ2v) is 7.44. The molecule has 7 heteroatoms. The Morgan fingerprint density at radius 3 is 2.70 bits per heavy atom. The third-order valence-corrected chi connectivity index (χ3v) is 4.65. The number of hydrogen-bond donors (Lipinski definition) is 0. The van der Waals surface area contributed by atoms with E-state index < -0.39 is 0 Å². The van der Waals surface area contributed by atoms with E-state index in [2.05, 4.69) is 0 Å². The topological polar surface area (TPSA) is 65.1 Å². The number of halogens is 1. The van der Waals surface area contributed by atoms with E-state index in [4.69, 9.17) is 25.8 Å². The van der Waals surface area contributed by atoms with Gasteiger partial charge in [0, 0.05) is 18.7 Å². The SMILES string of the molecule is CCOC(=O)C1CCCN(C(=O)c2cc(Cl)c(OCC(C)C)c(OC)c2)C1. The maximum atomic E-state index is 12.9. The highest BCUT2D eigenvalue weighted by Crippen LogP contribution is 2.37. The van der Waals surface area contributed by atoms with Gasteiger partial charge < -0.3 is 19.1 Å². The number of hydrogen-bond acceptors (Lipinski definition) is 5. The summed E-state index contributed by atoms with van der Waals surface area (Å²) in [6.07, 6.45) is 1.49. The molecule has 0 saturated carbocycles. The van der Waals surface area contributed by atoms with Crippen LogP contribution in [-0.2, 0) is 9.53 Å². The fraction of sp³-hybridized carbons (Fsp3) is 0.600. The number of benzene rings is 1. The van der Waals surface area contributed by atoms with Crippen LogP contribution in [0.5, 0.6) is 11.5 Å². The normalized spacial score (nSPS) is 17.0. The number of piperidine rings is 1. The molecule has 1 aliphatic heterocycles. The van der Waals surface area contributed by atoms with Gasteiger partial charge in [-0.05, 0) is 37.8 Å². The zero-order valence-corrected chi connectivity index (χ0v) is 17.2. The Morgan fingerprint density at radius 2 is 2.07 bits per heavy atom. The number of carbonyl (C=O) groups excluding carboxylic acids is 2. The monoisotopic (exact) mass is 397 g/mol. The van der Waals surface area contributed by atoms with E-state index >= 15 is 0 Å². The Labute approximate surface area is 165 Å². The van der Waals surface area contributed by atoms with E-state index in [1.54, 1.807) is 24.0 Å². The summed E-state index contributed by atoms with van der Waals surface area (Å²) < 4.78 is 16.2. The fourth-order valence-electron chi connectivity index (χ4n) is 3.03. The molecule has 0 N–H and O–H groups in total. The molecule has 150 valence electrons. The first-order valence-electron chi connectivity index (χ1n) is 9.33. The first kappa shape index (κ1) is 21.4. The number of amides is 1. The molecule has 1 unspecified atom stereocenters. The molecule has 1 amide bonds. The number of nitrogens with zero attached hydrogens (tertiary/aromatic N) is 1. The number of methoxy groups -OCH3 is 1. The molecule has 1 atom stereocenters. The lowest BCUT2D eigenvalue weighted by atomic mass is 9.97. The van der Waals surface area contributed by atoms with Crippen molar-refractivity contribution in [2.75, 3.05) is 33.4 Å². The van der Waals surface area contributed by atoms with Crippen LogP contribution in [0.4, 0.5) is 0 Å². The van der Waals surface area contributed by atoms with Crippen molar-refractivity contribution >= 4 is 23.5 Å². The van der Waals surface area contributed by atoms with E-state index in [0.29, 0.717) is 54.3 Å². The molecule has 1 fully saturated rings. The van der Waals surface area contributed by atoms with Crippen molar-refractivity contribution < 1.29 is 23.8 Å². The van der Waals surface area contributed by atoms with Crippen molar-refractivity contribution in [3.8, 4) is 11.5 Å². The Hall–Kier alpha value is -1.95. The molecule has 0 radical (unpaired) electrons. The van der Waals surface area contributed by atoms with Crippen molar-refractivity contribution in [2.45, 2.75) is 33.6 Å². The molecule has 0 spiro atoms. The summed E-state index contributed by atoms with van der Waals surface area (Å²) in [5, 5.41) is 0.331. The number of likely N-dealkylation sites (tertiary alicyclic amines) is 1. The summed E-state index contributed by atoms with van der Waals surface area (Å²) in [7, 11) is 1.51. The third-order valence-electron chi connectivity index (χ3n) is 4.37. The number of ether oxygens (including phenoxy) is 3. The van der Waals surface area contributed by atoms with Gasteiger partial charge in [-0.1, -0.05) is 25.4 Å². The van der Waals surface area contributed by atoms with Crippen LogP contribution in [0.25, 0.3) is 0 Å². The molecule has 27 heavy (non-hydrogen) atoms. The molecule has 1 aromatic rings. The van der Waals surface area contributed by atoms with E-state index in [0.717, 1.165) is 12.8 Å². The Morgan fingerprint density at radius 1 is 1.33 bits per heavy atom. The van der Waals surface area contributed by atoms with Crippen LogP contribution in [0.2, 0.25) is 5.02 Å². The molecule has 1 saturated heterocycles. The lowest BCUT2D eigenvalue weighted by molar-refractivity contribution is -0.149. The summed E-state index contributed by atoms with van der Waals surface area (Å²) in [4.78, 5) is 26.6. The van der Waals surface area contributed by atoms with Crippen molar-refractivity contribution in [3.05, 3.63) is 22.7 Å². The molecular weight excluding hydrogens is 370 g/mol. The van der Waals surface area contributed by atoms with Gasteiger partial charge in [-0.3, -0.25) is 9.59 Å². The maximum Gasteiger partial charge on any atom is 0.310 e. The predicted octanol–water partition coefficient (Wildman–Crippen LogP) is 3.80. The first-order valence-corrected chi connectivity index (χ1v) is 9.71. The minimum absolute atomic E-state index is 0.181. The summed E-state index contributed by atoms with van der Waals surface area (Å²) in [6.45, 7) is 7.64. The number of carbonyl (C=O) groups is 2. The van der Waals surface area contributed by atoms with Crippen molar-refractivity contribution in [1.29, 1.82) is 0 Å². The average molecular weight is 398 g/mol. The molecule has 6 nitrogen and oxygen atoms in total. The number of rotatable bonds is 7. The van der Waals surface area contributed by atoms with E-state index in [-0.39, 0.29) is 17.8 Å².